The lowest BCUT2D eigenvalue weighted by molar-refractivity contribution is 0.818. The molecule has 17 heavy (non-hydrogen) atoms. The van der Waals surface area contributed by atoms with Crippen LogP contribution in [0.2, 0.25) is 5.02 Å². The fourth-order valence-corrected chi connectivity index (χ4v) is 2.16. The molecule has 2 aromatic rings. The highest BCUT2D eigenvalue weighted by Crippen LogP contribution is 2.29. The van der Waals surface area contributed by atoms with Gasteiger partial charge in [0.1, 0.15) is 0 Å². The Hall–Kier alpha value is -1.31. The quantitative estimate of drug-likeness (QED) is 0.837. The first-order chi connectivity index (χ1) is 8.08. The summed E-state index contributed by atoms with van der Waals surface area (Å²) in [7, 11) is 0. The maximum atomic E-state index is 6.24. The lowest BCUT2D eigenvalue weighted by atomic mass is 10.0. The SMILES string of the molecule is Cc1ccc(-c2ccc(C(C)N)cc2)c(Cl)c1. The van der Waals surface area contributed by atoms with Gasteiger partial charge in [-0.25, -0.2) is 0 Å². The number of rotatable bonds is 2. The molecule has 0 radical (unpaired) electrons. The maximum Gasteiger partial charge on any atom is 0.0487 e. The van der Waals surface area contributed by atoms with Gasteiger partial charge in [-0.1, -0.05) is 48.0 Å². The monoisotopic (exact) mass is 245 g/mol. The molecule has 0 saturated carbocycles. The number of hydrogen-bond donors (Lipinski definition) is 1. The third-order valence-electron chi connectivity index (χ3n) is 2.87. The summed E-state index contributed by atoms with van der Waals surface area (Å²) in [5.74, 6) is 0. The highest BCUT2D eigenvalue weighted by Gasteiger charge is 2.04. The van der Waals surface area contributed by atoms with Crippen LogP contribution in [-0.4, -0.2) is 0 Å². The van der Waals surface area contributed by atoms with Crippen LogP contribution in [0.15, 0.2) is 42.5 Å². The van der Waals surface area contributed by atoms with E-state index >= 15 is 0 Å². The van der Waals surface area contributed by atoms with Gasteiger partial charge in [0.2, 0.25) is 0 Å². The van der Waals surface area contributed by atoms with Gasteiger partial charge < -0.3 is 5.73 Å². The van der Waals surface area contributed by atoms with Crippen LogP contribution in [0, 0.1) is 6.92 Å². The van der Waals surface area contributed by atoms with Crippen LogP contribution < -0.4 is 5.73 Å². The van der Waals surface area contributed by atoms with E-state index in [1.54, 1.807) is 0 Å². The predicted octanol–water partition coefficient (Wildman–Crippen LogP) is 4.34. The Morgan fingerprint density at radius 1 is 1.06 bits per heavy atom. The van der Waals surface area contributed by atoms with E-state index in [9.17, 15) is 0 Å². The molecular formula is C15H16ClN. The molecule has 0 aliphatic rings. The van der Waals surface area contributed by atoms with Crippen molar-refractivity contribution in [2.45, 2.75) is 19.9 Å². The van der Waals surface area contributed by atoms with Gasteiger partial charge in [-0.3, -0.25) is 0 Å². The molecule has 1 unspecified atom stereocenters. The maximum absolute atomic E-state index is 6.24. The van der Waals surface area contributed by atoms with Crippen molar-refractivity contribution in [2.75, 3.05) is 0 Å². The van der Waals surface area contributed by atoms with E-state index in [4.69, 9.17) is 17.3 Å². The van der Waals surface area contributed by atoms with Crippen molar-refractivity contribution in [3.8, 4) is 11.1 Å². The summed E-state index contributed by atoms with van der Waals surface area (Å²) in [6.45, 7) is 4.02. The van der Waals surface area contributed by atoms with Crippen LogP contribution in [0.5, 0.6) is 0 Å². The lowest BCUT2D eigenvalue weighted by Gasteiger charge is -2.09. The first-order valence-corrected chi connectivity index (χ1v) is 6.08. The summed E-state index contributed by atoms with van der Waals surface area (Å²) in [5.41, 5.74) is 10.3. The zero-order chi connectivity index (χ0) is 12.4. The van der Waals surface area contributed by atoms with Crippen LogP contribution >= 0.6 is 11.6 Å². The fraction of sp³-hybridized carbons (Fsp3) is 0.200. The molecule has 0 aromatic heterocycles. The van der Waals surface area contributed by atoms with E-state index in [0.717, 1.165) is 21.7 Å². The highest BCUT2D eigenvalue weighted by molar-refractivity contribution is 6.33. The Balaban J connectivity index is 2.40. The minimum absolute atomic E-state index is 0.0672. The number of nitrogens with two attached hydrogens (primary N) is 1. The third kappa shape index (κ3) is 2.68. The summed E-state index contributed by atoms with van der Waals surface area (Å²) >= 11 is 6.24. The van der Waals surface area contributed by atoms with Crippen LogP contribution in [0.25, 0.3) is 11.1 Å². The summed E-state index contributed by atoms with van der Waals surface area (Å²) < 4.78 is 0. The largest absolute Gasteiger partial charge is 0.324 e. The smallest absolute Gasteiger partial charge is 0.0487 e. The van der Waals surface area contributed by atoms with Gasteiger partial charge >= 0.3 is 0 Å². The van der Waals surface area contributed by atoms with Crippen LogP contribution in [0.1, 0.15) is 24.1 Å². The molecule has 0 amide bonds. The average Bonchev–Trinajstić information content (AvgIpc) is 2.29. The van der Waals surface area contributed by atoms with Crippen molar-refractivity contribution in [1.29, 1.82) is 0 Å². The van der Waals surface area contributed by atoms with Crippen molar-refractivity contribution < 1.29 is 0 Å². The fourth-order valence-electron chi connectivity index (χ4n) is 1.82. The van der Waals surface area contributed by atoms with Crippen LogP contribution in [0.3, 0.4) is 0 Å². The Morgan fingerprint density at radius 3 is 2.24 bits per heavy atom. The molecule has 0 spiro atoms. The number of benzene rings is 2. The number of aryl methyl sites for hydroxylation is 1. The molecule has 0 heterocycles. The van der Waals surface area contributed by atoms with Crippen molar-refractivity contribution >= 4 is 11.6 Å². The normalized spacial score (nSPS) is 12.5. The van der Waals surface area contributed by atoms with E-state index in [0.29, 0.717) is 0 Å². The van der Waals surface area contributed by atoms with Gasteiger partial charge in [0.25, 0.3) is 0 Å². The molecule has 0 aliphatic carbocycles. The molecule has 0 bridgehead atoms. The van der Waals surface area contributed by atoms with E-state index in [1.807, 2.05) is 19.9 Å². The molecule has 88 valence electrons. The van der Waals surface area contributed by atoms with Gasteiger partial charge in [-0.15, -0.1) is 0 Å². The van der Waals surface area contributed by atoms with Gasteiger partial charge in [-0.2, -0.15) is 0 Å². The second-order valence-electron chi connectivity index (χ2n) is 4.39. The van der Waals surface area contributed by atoms with Crippen LogP contribution in [-0.2, 0) is 0 Å². The van der Waals surface area contributed by atoms with Crippen LogP contribution in [0.4, 0.5) is 0 Å². The van der Waals surface area contributed by atoms with Gasteiger partial charge in [0, 0.05) is 16.6 Å². The summed E-state index contributed by atoms with van der Waals surface area (Å²) in [6, 6.07) is 14.4. The summed E-state index contributed by atoms with van der Waals surface area (Å²) in [6.07, 6.45) is 0. The Morgan fingerprint density at radius 2 is 1.71 bits per heavy atom. The number of halogens is 1. The molecule has 0 aliphatic heterocycles. The third-order valence-corrected chi connectivity index (χ3v) is 3.18. The van der Waals surface area contributed by atoms with E-state index < -0.39 is 0 Å². The van der Waals surface area contributed by atoms with E-state index in [-0.39, 0.29) is 6.04 Å². The molecule has 0 saturated heterocycles. The molecular weight excluding hydrogens is 230 g/mol. The summed E-state index contributed by atoms with van der Waals surface area (Å²) in [4.78, 5) is 0. The highest BCUT2D eigenvalue weighted by atomic mass is 35.5. The second kappa shape index (κ2) is 4.91. The van der Waals surface area contributed by atoms with Gasteiger partial charge in [0.15, 0.2) is 0 Å². The average molecular weight is 246 g/mol. The molecule has 2 N–H and O–H groups in total. The first kappa shape index (κ1) is 12.2. The standard InChI is InChI=1S/C15H16ClN/c1-10-3-8-14(15(16)9-10)13-6-4-12(5-7-13)11(2)17/h3-9,11H,17H2,1-2H3. The minimum atomic E-state index is 0.0672. The zero-order valence-electron chi connectivity index (χ0n) is 10.1. The molecule has 2 rings (SSSR count). The second-order valence-corrected chi connectivity index (χ2v) is 4.80. The predicted molar refractivity (Wildman–Crippen MR) is 74.2 cm³/mol. The lowest BCUT2D eigenvalue weighted by Crippen LogP contribution is -2.04. The first-order valence-electron chi connectivity index (χ1n) is 5.70. The van der Waals surface area contributed by atoms with Crippen molar-refractivity contribution in [1.82, 2.24) is 0 Å². The van der Waals surface area contributed by atoms with Gasteiger partial charge in [-0.05, 0) is 36.6 Å². The zero-order valence-corrected chi connectivity index (χ0v) is 10.8. The van der Waals surface area contributed by atoms with Crippen molar-refractivity contribution in [3.05, 3.63) is 58.6 Å². The molecule has 1 atom stereocenters. The molecule has 0 fully saturated rings. The van der Waals surface area contributed by atoms with E-state index in [2.05, 4.69) is 36.4 Å². The summed E-state index contributed by atoms with van der Waals surface area (Å²) in [5, 5.41) is 0.790. The number of hydrogen-bond acceptors (Lipinski definition) is 1. The van der Waals surface area contributed by atoms with E-state index in [1.165, 1.54) is 5.56 Å². The molecule has 2 heteroatoms. The molecule has 2 aromatic carbocycles. The Labute approximate surface area is 107 Å². The Kier molecular flexibility index (Phi) is 3.51. The van der Waals surface area contributed by atoms with Crippen molar-refractivity contribution in [3.63, 3.8) is 0 Å². The molecule has 1 nitrogen and oxygen atoms in total. The minimum Gasteiger partial charge on any atom is -0.324 e. The van der Waals surface area contributed by atoms with Crippen molar-refractivity contribution in [2.24, 2.45) is 5.73 Å². The Bertz CT molecular complexity index is 515. The van der Waals surface area contributed by atoms with Gasteiger partial charge in [0.05, 0.1) is 0 Å². The topological polar surface area (TPSA) is 26.0 Å².